The first-order chi connectivity index (χ1) is 13.8. The summed E-state index contributed by atoms with van der Waals surface area (Å²) in [5, 5.41) is 0. The molecule has 2 nitrogen and oxygen atoms in total. The maximum absolute atomic E-state index is 13.1. The molecule has 0 spiro atoms. The van der Waals surface area contributed by atoms with Crippen LogP contribution in [0.5, 0.6) is 0 Å². The maximum Gasteiger partial charge on any atom is 0.495 e. The quantitative estimate of drug-likeness (QED) is 0.399. The van der Waals surface area contributed by atoms with Gasteiger partial charge in [-0.05, 0) is 67.9 Å². The highest BCUT2D eigenvalue weighted by molar-refractivity contribution is 6.71. The van der Waals surface area contributed by atoms with Crippen LogP contribution in [0.4, 0.5) is 13.2 Å². The molecule has 0 unspecified atom stereocenters. The molecule has 2 aromatic carbocycles. The fourth-order valence-corrected chi connectivity index (χ4v) is 3.64. The third-order valence-electron chi connectivity index (χ3n) is 5.96. The molecular formula is C24H28BF3O2. The summed E-state index contributed by atoms with van der Waals surface area (Å²) in [7, 11) is -0.690. The summed E-state index contributed by atoms with van der Waals surface area (Å²) in [4.78, 5) is 0. The fraction of sp³-hybridized carbons (Fsp3) is 0.417. The Kier molecular flexibility index (Phi) is 5.96. The molecule has 0 bridgehead atoms. The predicted molar refractivity (Wildman–Crippen MR) is 116 cm³/mol. The molecule has 0 atom stereocenters. The summed E-state index contributed by atoms with van der Waals surface area (Å²) < 4.78 is 52.0. The van der Waals surface area contributed by atoms with Crippen LogP contribution in [0.25, 0.3) is 11.0 Å². The summed E-state index contributed by atoms with van der Waals surface area (Å²) in [6.45, 7) is 12.0. The Labute approximate surface area is 177 Å². The molecule has 0 N–H and O–H groups in total. The first-order valence-electron chi connectivity index (χ1n) is 10.2. The maximum atomic E-state index is 13.1. The Bertz CT molecular complexity index is 898. The molecule has 1 aliphatic heterocycles. The molecule has 1 saturated heterocycles. The van der Waals surface area contributed by atoms with Crippen molar-refractivity contribution in [2.75, 3.05) is 0 Å². The van der Waals surface area contributed by atoms with E-state index in [4.69, 9.17) is 9.31 Å². The van der Waals surface area contributed by atoms with Gasteiger partial charge in [0.15, 0.2) is 0 Å². The number of allylic oxidation sites excluding steroid dienone is 1. The van der Waals surface area contributed by atoms with Crippen LogP contribution in [0.15, 0.2) is 54.6 Å². The van der Waals surface area contributed by atoms with Crippen LogP contribution in [0.2, 0.25) is 0 Å². The number of hydrogen-bond acceptors (Lipinski definition) is 2. The van der Waals surface area contributed by atoms with Crippen LogP contribution in [0, 0.1) is 5.92 Å². The van der Waals surface area contributed by atoms with Crippen LogP contribution < -0.4 is 0 Å². The van der Waals surface area contributed by atoms with Crippen LogP contribution in [-0.4, -0.2) is 18.3 Å². The van der Waals surface area contributed by atoms with Crippen LogP contribution in [-0.2, 0) is 15.5 Å². The lowest BCUT2D eigenvalue weighted by atomic mass is 9.68. The molecule has 0 aliphatic carbocycles. The van der Waals surface area contributed by atoms with Gasteiger partial charge in [-0.2, -0.15) is 13.2 Å². The Morgan fingerprint density at radius 2 is 1.30 bits per heavy atom. The summed E-state index contributed by atoms with van der Waals surface area (Å²) in [5.41, 5.74) is 1.62. The summed E-state index contributed by atoms with van der Waals surface area (Å²) in [6.07, 6.45) is -4.38. The molecule has 30 heavy (non-hydrogen) atoms. The second kappa shape index (κ2) is 7.90. The molecule has 0 saturated carbocycles. The van der Waals surface area contributed by atoms with Gasteiger partial charge in [0.25, 0.3) is 0 Å². The Hall–Kier alpha value is -2.05. The zero-order valence-corrected chi connectivity index (χ0v) is 18.3. The van der Waals surface area contributed by atoms with Gasteiger partial charge in [-0.25, -0.2) is 0 Å². The van der Waals surface area contributed by atoms with Gasteiger partial charge in [-0.1, -0.05) is 56.3 Å². The average molecular weight is 416 g/mol. The van der Waals surface area contributed by atoms with Crippen molar-refractivity contribution in [3.05, 3.63) is 71.3 Å². The van der Waals surface area contributed by atoms with Crippen LogP contribution in [0.3, 0.4) is 0 Å². The highest BCUT2D eigenvalue weighted by Crippen LogP contribution is 2.44. The van der Waals surface area contributed by atoms with Gasteiger partial charge in [0, 0.05) is 0 Å². The number of alkyl halides is 3. The van der Waals surface area contributed by atoms with E-state index in [1.807, 2.05) is 58.0 Å². The lowest BCUT2D eigenvalue weighted by molar-refractivity contribution is -0.137. The van der Waals surface area contributed by atoms with E-state index in [2.05, 4.69) is 13.8 Å². The average Bonchev–Trinajstić information content (AvgIpc) is 2.86. The number of hydrogen-bond donors (Lipinski definition) is 0. The van der Waals surface area contributed by atoms with E-state index in [-0.39, 0.29) is 5.92 Å². The number of rotatable bonds is 4. The van der Waals surface area contributed by atoms with Gasteiger partial charge in [0.2, 0.25) is 0 Å². The van der Waals surface area contributed by atoms with Crippen molar-refractivity contribution >= 4 is 18.2 Å². The molecule has 1 aliphatic rings. The molecule has 2 aromatic rings. The van der Waals surface area contributed by atoms with Gasteiger partial charge >= 0.3 is 13.3 Å². The first-order valence-corrected chi connectivity index (χ1v) is 10.2. The first kappa shape index (κ1) is 22.6. The lowest BCUT2D eigenvalue weighted by Crippen LogP contribution is -2.41. The van der Waals surface area contributed by atoms with Crippen molar-refractivity contribution in [3.63, 3.8) is 0 Å². The van der Waals surface area contributed by atoms with E-state index >= 15 is 0 Å². The summed E-state index contributed by atoms with van der Waals surface area (Å²) in [6, 6.07) is 15.1. The lowest BCUT2D eigenvalue weighted by Gasteiger charge is -2.32. The van der Waals surface area contributed by atoms with E-state index in [0.29, 0.717) is 5.56 Å². The van der Waals surface area contributed by atoms with Gasteiger partial charge < -0.3 is 9.31 Å². The highest BCUT2D eigenvalue weighted by atomic mass is 19.4. The second-order valence-corrected chi connectivity index (χ2v) is 9.01. The molecule has 0 radical (unpaired) electrons. The summed E-state index contributed by atoms with van der Waals surface area (Å²) in [5.74, 6) is 0.101. The minimum absolute atomic E-state index is 0.101. The van der Waals surface area contributed by atoms with Crippen molar-refractivity contribution in [1.82, 2.24) is 0 Å². The molecular weight excluding hydrogens is 388 g/mol. The van der Waals surface area contributed by atoms with Crippen molar-refractivity contribution in [2.45, 2.75) is 58.9 Å². The zero-order valence-electron chi connectivity index (χ0n) is 18.3. The van der Waals surface area contributed by atoms with Gasteiger partial charge in [0.1, 0.15) is 0 Å². The number of benzene rings is 2. The predicted octanol–water partition coefficient (Wildman–Crippen LogP) is 6.90. The van der Waals surface area contributed by atoms with E-state index < -0.39 is 30.1 Å². The van der Waals surface area contributed by atoms with Crippen LogP contribution in [0.1, 0.15) is 58.2 Å². The van der Waals surface area contributed by atoms with Crippen molar-refractivity contribution in [2.24, 2.45) is 5.92 Å². The fourth-order valence-electron chi connectivity index (χ4n) is 3.64. The molecule has 1 heterocycles. The minimum atomic E-state index is -4.38. The van der Waals surface area contributed by atoms with Crippen molar-refractivity contribution in [1.29, 1.82) is 0 Å². The standard InChI is InChI=1S/C24H28BF3O2/c1-16(2)20(17-10-8-7-9-11-17)21(25-29-22(3,4)23(5,6)30-25)18-12-14-19(15-13-18)24(26,27)28/h7-16H,1-6H3/b21-20-. The second-order valence-electron chi connectivity index (χ2n) is 9.01. The van der Waals surface area contributed by atoms with E-state index in [9.17, 15) is 13.2 Å². The molecule has 160 valence electrons. The molecule has 3 rings (SSSR count). The van der Waals surface area contributed by atoms with E-state index in [1.165, 1.54) is 12.1 Å². The highest BCUT2D eigenvalue weighted by Gasteiger charge is 2.53. The zero-order chi connectivity index (χ0) is 22.3. The Morgan fingerprint density at radius 1 is 0.800 bits per heavy atom. The van der Waals surface area contributed by atoms with Gasteiger partial charge in [-0.3, -0.25) is 0 Å². The smallest absolute Gasteiger partial charge is 0.399 e. The SMILES string of the molecule is CC(C)/C(=C(/B1OC(C)(C)C(C)(C)O1)c1ccc(C(F)(F)F)cc1)c1ccccc1. The van der Waals surface area contributed by atoms with E-state index in [0.717, 1.165) is 28.7 Å². The minimum Gasteiger partial charge on any atom is -0.399 e. The van der Waals surface area contributed by atoms with Crippen molar-refractivity contribution in [3.8, 4) is 0 Å². The molecule has 1 fully saturated rings. The molecule has 0 aromatic heterocycles. The van der Waals surface area contributed by atoms with E-state index in [1.54, 1.807) is 0 Å². The monoisotopic (exact) mass is 416 g/mol. The van der Waals surface area contributed by atoms with Gasteiger partial charge in [0.05, 0.1) is 16.8 Å². The third-order valence-corrected chi connectivity index (χ3v) is 5.96. The Morgan fingerprint density at radius 3 is 1.73 bits per heavy atom. The van der Waals surface area contributed by atoms with Crippen molar-refractivity contribution < 1.29 is 22.5 Å². The molecule has 0 amide bonds. The number of halogens is 3. The van der Waals surface area contributed by atoms with Gasteiger partial charge in [-0.15, -0.1) is 0 Å². The van der Waals surface area contributed by atoms with Crippen LogP contribution >= 0.6 is 0 Å². The third kappa shape index (κ3) is 4.35. The summed E-state index contributed by atoms with van der Waals surface area (Å²) >= 11 is 0. The normalized spacial score (nSPS) is 19.2. The largest absolute Gasteiger partial charge is 0.495 e. The molecule has 6 heteroatoms. The Balaban J connectivity index is 2.22. The topological polar surface area (TPSA) is 18.5 Å².